The average Bonchev–Trinajstić information content (AvgIpc) is 3.25. The summed E-state index contributed by atoms with van der Waals surface area (Å²) in [6.45, 7) is 3.67. The van der Waals surface area contributed by atoms with Gasteiger partial charge in [0.1, 0.15) is 0 Å². The van der Waals surface area contributed by atoms with Crippen LogP contribution >= 0.6 is 0 Å². The second-order valence-corrected chi connectivity index (χ2v) is 8.21. The highest BCUT2D eigenvalue weighted by Crippen LogP contribution is 2.50. The number of likely N-dealkylation sites (tertiary alicyclic amines) is 1. The van der Waals surface area contributed by atoms with Crippen molar-refractivity contribution in [3.05, 3.63) is 35.4 Å². The molecule has 1 atom stereocenters. The van der Waals surface area contributed by atoms with Crippen LogP contribution in [0, 0.1) is 5.92 Å². The van der Waals surface area contributed by atoms with Crippen molar-refractivity contribution in [2.75, 3.05) is 26.7 Å². The number of ether oxygens (including phenoxy) is 1. The fraction of sp³-hybridized carbons (Fsp3) is 0.667. The fourth-order valence-electron chi connectivity index (χ4n) is 5.42. The molecule has 0 radical (unpaired) electrons. The third kappa shape index (κ3) is 3.29. The Bertz CT molecular complexity index is 622. The van der Waals surface area contributed by atoms with Gasteiger partial charge in [-0.2, -0.15) is 0 Å². The van der Waals surface area contributed by atoms with Gasteiger partial charge in [0.25, 0.3) is 0 Å². The second-order valence-electron chi connectivity index (χ2n) is 8.21. The zero-order valence-corrected chi connectivity index (χ0v) is 15.3. The number of piperidine rings is 1. The minimum absolute atomic E-state index is 0. The number of amides is 1. The number of nitrogens with zero attached hydrogens (tertiary/aromatic N) is 1. The molecule has 1 saturated heterocycles. The minimum Gasteiger partial charge on any atom is -0.453 e. The molecule has 0 bridgehead atoms. The lowest BCUT2D eigenvalue weighted by Crippen LogP contribution is -2.43. The summed E-state index contributed by atoms with van der Waals surface area (Å²) in [7, 11) is 1.44. The Morgan fingerprint density at radius 2 is 2.00 bits per heavy atom. The van der Waals surface area contributed by atoms with E-state index in [0.29, 0.717) is 0 Å². The number of carbonyl (C=O) groups is 1. The molecule has 4 heteroatoms. The van der Waals surface area contributed by atoms with Gasteiger partial charge in [-0.3, -0.25) is 0 Å². The molecule has 1 aromatic carbocycles. The number of methoxy groups -OCH3 is 1. The number of alkyl carbamates (subject to hydrolysis) is 1. The van der Waals surface area contributed by atoms with E-state index in [2.05, 4.69) is 34.5 Å². The summed E-state index contributed by atoms with van der Waals surface area (Å²) in [6.07, 6.45) is 8.80. The van der Waals surface area contributed by atoms with Gasteiger partial charge in [-0.15, -0.1) is 0 Å². The van der Waals surface area contributed by atoms with Gasteiger partial charge < -0.3 is 15.0 Å². The maximum absolute atomic E-state index is 11.8. The number of benzene rings is 1. The van der Waals surface area contributed by atoms with Crippen LogP contribution in [0.15, 0.2) is 24.3 Å². The van der Waals surface area contributed by atoms with Gasteiger partial charge in [-0.1, -0.05) is 37.1 Å². The van der Waals surface area contributed by atoms with Crippen molar-refractivity contribution in [3.8, 4) is 0 Å². The van der Waals surface area contributed by atoms with E-state index in [0.717, 1.165) is 12.3 Å². The molecule has 1 saturated carbocycles. The van der Waals surface area contributed by atoms with Gasteiger partial charge in [-0.05, 0) is 62.2 Å². The van der Waals surface area contributed by atoms with Gasteiger partial charge in [0.2, 0.25) is 0 Å². The van der Waals surface area contributed by atoms with Crippen LogP contribution in [0.5, 0.6) is 0 Å². The van der Waals surface area contributed by atoms with Crippen molar-refractivity contribution in [2.45, 2.75) is 56.4 Å². The molecule has 1 N–H and O–H groups in total. The summed E-state index contributed by atoms with van der Waals surface area (Å²) in [5, 5.41) is 3.05. The van der Waals surface area contributed by atoms with Crippen LogP contribution in [0.4, 0.5) is 4.79 Å². The third-order valence-corrected chi connectivity index (χ3v) is 6.78. The molecule has 2 aliphatic carbocycles. The molecule has 1 heterocycles. The van der Waals surface area contributed by atoms with Crippen LogP contribution < -0.4 is 5.32 Å². The predicted molar refractivity (Wildman–Crippen MR) is 101 cm³/mol. The maximum Gasteiger partial charge on any atom is 0.407 e. The van der Waals surface area contributed by atoms with Crippen molar-refractivity contribution in [2.24, 2.45) is 5.92 Å². The van der Waals surface area contributed by atoms with E-state index in [-0.39, 0.29) is 19.0 Å². The van der Waals surface area contributed by atoms with Gasteiger partial charge >= 0.3 is 6.09 Å². The standard InChI is InChI=1S/C21H30N2O2.H2/c1-25-20(24)22-19-14-21(18-9-5-4-8-17(18)19)10-12-23(13-11-21)15-16-6-2-3-7-16;/h4-5,8-9,16,19H,2-3,6-7,10-15H2,1H3,(H,22,24);1H/t19-;/m0./s1. The monoisotopic (exact) mass is 344 g/mol. The molecule has 1 spiro atoms. The largest absolute Gasteiger partial charge is 0.453 e. The van der Waals surface area contributed by atoms with Crippen LogP contribution in [0.2, 0.25) is 0 Å². The molecule has 0 aromatic heterocycles. The highest BCUT2D eigenvalue weighted by Gasteiger charge is 2.45. The number of fused-ring (bicyclic) bond motifs is 2. The zero-order valence-electron chi connectivity index (χ0n) is 15.3. The lowest BCUT2D eigenvalue weighted by atomic mass is 9.73. The number of carbonyl (C=O) groups excluding carboxylic acids is 1. The molecule has 1 amide bonds. The predicted octanol–water partition coefficient (Wildman–Crippen LogP) is 4.26. The van der Waals surface area contributed by atoms with Crippen LogP contribution in [0.25, 0.3) is 0 Å². The summed E-state index contributed by atoms with van der Waals surface area (Å²) in [5.74, 6) is 0.929. The van der Waals surface area contributed by atoms with E-state index in [1.165, 1.54) is 76.4 Å². The van der Waals surface area contributed by atoms with E-state index in [9.17, 15) is 4.79 Å². The highest BCUT2D eigenvalue weighted by atomic mass is 16.5. The molecule has 1 aliphatic heterocycles. The van der Waals surface area contributed by atoms with E-state index in [4.69, 9.17) is 4.74 Å². The average molecular weight is 344 g/mol. The second kappa shape index (κ2) is 6.99. The molecular formula is C21H32N2O2. The Morgan fingerprint density at radius 3 is 2.72 bits per heavy atom. The van der Waals surface area contributed by atoms with Gasteiger partial charge in [0, 0.05) is 13.4 Å². The van der Waals surface area contributed by atoms with Crippen molar-refractivity contribution in [3.63, 3.8) is 0 Å². The van der Waals surface area contributed by atoms with Crippen molar-refractivity contribution in [1.82, 2.24) is 10.2 Å². The normalized spacial score (nSPS) is 25.9. The number of nitrogens with one attached hydrogen (secondary N) is 1. The molecule has 1 aromatic rings. The zero-order chi connectivity index (χ0) is 17.3. The third-order valence-electron chi connectivity index (χ3n) is 6.78. The first-order valence-corrected chi connectivity index (χ1v) is 9.86. The highest BCUT2D eigenvalue weighted by molar-refractivity contribution is 5.68. The molecule has 2 fully saturated rings. The molecule has 138 valence electrons. The van der Waals surface area contributed by atoms with Crippen LogP contribution in [-0.4, -0.2) is 37.7 Å². The number of hydrogen-bond donors (Lipinski definition) is 1. The van der Waals surface area contributed by atoms with Gasteiger partial charge in [-0.25, -0.2) is 4.79 Å². The smallest absolute Gasteiger partial charge is 0.407 e. The molecule has 4 nitrogen and oxygen atoms in total. The first-order chi connectivity index (χ1) is 12.2. The topological polar surface area (TPSA) is 41.6 Å². The minimum atomic E-state index is -0.324. The molecular weight excluding hydrogens is 312 g/mol. The van der Waals surface area contributed by atoms with Gasteiger partial charge in [0.05, 0.1) is 13.2 Å². The lowest BCUT2D eigenvalue weighted by molar-refractivity contribution is 0.132. The Kier molecular flexibility index (Phi) is 4.72. The lowest BCUT2D eigenvalue weighted by Gasteiger charge is -2.41. The SMILES string of the molecule is COC(=O)N[C@H]1CC2(CCN(CC3CCCC3)CC2)c2ccccc21.[HH]. The first-order valence-electron chi connectivity index (χ1n) is 9.86. The van der Waals surface area contributed by atoms with Crippen molar-refractivity contribution in [1.29, 1.82) is 0 Å². The summed E-state index contributed by atoms with van der Waals surface area (Å²) in [6, 6.07) is 8.77. The number of rotatable bonds is 3. The summed E-state index contributed by atoms with van der Waals surface area (Å²) >= 11 is 0. The van der Waals surface area contributed by atoms with Gasteiger partial charge in [0.15, 0.2) is 0 Å². The Balaban J connectivity index is 0.00000196. The quantitative estimate of drug-likeness (QED) is 0.891. The summed E-state index contributed by atoms with van der Waals surface area (Å²) < 4.78 is 4.84. The van der Waals surface area contributed by atoms with Crippen LogP contribution in [-0.2, 0) is 10.2 Å². The van der Waals surface area contributed by atoms with Crippen LogP contribution in [0.1, 0.15) is 63.5 Å². The van der Waals surface area contributed by atoms with Crippen molar-refractivity contribution >= 4 is 6.09 Å². The van der Waals surface area contributed by atoms with E-state index < -0.39 is 0 Å². The van der Waals surface area contributed by atoms with E-state index >= 15 is 0 Å². The Labute approximate surface area is 152 Å². The maximum atomic E-state index is 11.8. The van der Waals surface area contributed by atoms with Crippen LogP contribution in [0.3, 0.4) is 0 Å². The fourth-order valence-corrected chi connectivity index (χ4v) is 5.42. The van der Waals surface area contributed by atoms with E-state index in [1.807, 2.05) is 0 Å². The Hall–Kier alpha value is -1.55. The first kappa shape index (κ1) is 16.9. The summed E-state index contributed by atoms with van der Waals surface area (Å²) in [5.41, 5.74) is 2.98. The molecule has 4 rings (SSSR count). The molecule has 0 unspecified atom stereocenters. The Morgan fingerprint density at radius 1 is 1.28 bits per heavy atom. The number of hydrogen-bond acceptors (Lipinski definition) is 3. The molecule has 3 aliphatic rings. The summed E-state index contributed by atoms with van der Waals surface area (Å²) in [4.78, 5) is 14.4. The molecule has 25 heavy (non-hydrogen) atoms. The van der Waals surface area contributed by atoms with Crippen molar-refractivity contribution < 1.29 is 11.0 Å². The van der Waals surface area contributed by atoms with E-state index in [1.54, 1.807) is 0 Å².